The maximum Gasteiger partial charge on any atom is 0.243 e. The van der Waals surface area contributed by atoms with Gasteiger partial charge in [-0.1, -0.05) is 0 Å². The lowest BCUT2D eigenvalue weighted by Gasteiger charge is -2.33. The second-order valence-electron chi connectivity index (χ2n) is 6.45. The van der Waals surface area contributed by atoms with Gasteiger partial charge in [-0.3, -0.25) is 4.90 Å². The largest absolute Gasteiger partial charge is 0.497 e. The van der Waals surface area contributed by atoms with Crippen LogP contribution in [0.15, 0.2) is 53.4 Å². The minimum Gasteiger partial charge on any atom is -0.497 e. The average Bonchev–Trinajstić information content (AvgIpc) is 2.74. The summed E-state index contributed by atoms with van der Waals surface area (Å²) in [6, 6.07) is 14.0. The quantitative estimate of drug-likeness (QED) is 0.669. The first-order valence-corrected chi connectivity index (χ1v) is 10.6. The van der Waals surface area contributed by atoms with Gasteiger partial charge < -0.3 is 14.2 Å². The lowest BCUT2D eigenvalue weighted by molar-refractivity contribution is 0.159. The van der Waals surface area contributed by atoms with Crippen LogP contribution in [0.25, 0.3) is 0 Å². The van der Waals surface area contributed by atoms with Gasteiger partial charge in [-0.15, -0.1) is 0 Å². The van der Waals surface area contributed by atoms with E-state index in [4.69, 9.17) is 14.2 Å². The zero-order valence-electron chi connectivity index (χ0n) is 16.2. The number of piperazine rings is 1. The Kier molecular flexibility index (Phi) is 6.77. The van der Waals surface area contributed by atoms with Crippen molar-refractivity contribution in [2.24, 2.45) is 0 Å². The van der Waals surface area contributed by atoms with Crippen molar-refractivity contribution in [3.05, 3.63) is 48.5 Å². The molecule has 3 rings (SSSR count). The molecule has 7 nitrogen and oxygen atoms in total. The lowest BCUT2D eigenvalue weighted by Crippen LogP contribution is -2.49. The monoisotopic (exact) mass is 406 g/mol. The van der Waals surface area contributed by atoms with Crippen molar-refractivity contribution in [3.63, 3.8) is 0 Å². The molecule has 0 atom stereocenters. The number of hydrogen-bond acceptors (Lipinski definition) is 6. The van der Waals surface area contributed by atoms with Gasteiger partial charge in [0, 0.05) is 32.7 Å². The van der Waals surface area contributed by atoms with E-state index in [9.17, 15) is 8.42 Å². The van der Waals surface area contributed by atoms with Crippen LogP contribution in [0.1, 0.15) is 0 Å². The Labute approximate surface area is 166 Å². The normalized spacial score (nSPS) is 15.9. The molecule has 0 spiro atoms. The average molecular weight is 407 g/mol. The number of ether oxygens (including phenoxy) is 3. The predicted molar refractivity (Wildman–Crippen MR) is 107 cm³/mol. The Hall–Kier alpha value is -2.29. The molecular weight excluding hydrogens is 380 g/mol. The van der Waals surface area contributed by atoms with Crippen molar-refractivity contribution >= 4 is 10.0 Å². The molecule has 8 heteroatoms. The molecule has 152 valence electrons. The minimum absolute atomic E-state index is 0.296. The molecule has 0 radical (unpaired) electrons. The maximum atomic E-state index is 12.8. The number of sulfonamides is 1. The molecule has 0 N–H and O–H groups in total. The summed E-state index contributed by atoms with van der Waals surface area (Å²) >= 11 is 0. The molecule has 0 aromatic heterocycles. The molecule has 0 bridgehead atoms. The zero-order valence-corrected chi connectivity index (χ0v) is 17.0. The first kappa shape index (κ1) is 20.4. The van der Waals surface area contributed by atoms with Crippen molar-refractivity contribution in [1.82, 2.24) is 9.21 Å². The maximum absolute atomic E-state index is 12.8. The molecule has 2 aromatic rings. The summed E-state index contributed by atoms with van der Waals surface area (Å²) in [7, 11) is -0.287. The molecule has 1 aliphatic heterocycles. The summed E-state index contributed by atoms with van der Waals surface area (Å²) < 4.78 is 43.1. The van der Waals surface area contributed by atoms with Crippen LogP contribution in [-0.4, -0.2) is 71.2 Å². The first-order valence-electron chi connectivity index (χ1n) is 9.16. The summed E-state index contributed by atoms with van der Waals surface area (Å²) in [5.41, 5.74) is 0. The van der Waals surface area contributed by atoms with Crippen molar-refractivity contribution in [3.8, 4) is 17.2 Å². The van der Waals surface area contributed by atoms with Crippen LogP contribution in [0.3, 0.4) is 0 Å². The van der Waals surface area contributed by atoms with E-state index < -0.39 is 10.0 Å². The van der Waals surface area contributed by atoms with E-state index in [0.29, 0.717) is 43.4 Å². The van der Waals surface area contributed by atoms with E-state index in [0.717, 1.165) is 18.0 Å². The lowest BCUT2D eigenvalue weighted by atomic mass is 10.3. The summed E-state index contributed by atoms with van der Waals surface area (Å²) in [6.07, 6.45) is 0. The molecule has 0 amide bonds. The van der Waals surface area contributed by atoms with Gasteiger partial charge in [-0.2, -0.15) is 4.31 Å². The number of benzene rings is 2. The number of methoxy groups -OCH3 is 2. The summed E-state index contributed by atoms with van der Waals surface area (Å²) in [5, 5.41) is 0. The molecule has 2 aromatic carbocycles. The van der Waals surface area contributed by atoms with E-state index in [1.54, 1.807) is 38.5 Å². The highest BCUT2D eigenvalue weighted by molar-refractivity contribution is 7.89. The highest BCUT2D eigenvalue weighted by Crippen LogP contribution is 2.21. The zero-order chi connectivity index (χ0) is 20.0. The second-order valence-corrected chi connectivity index (χ2v) is 8.38. The fourth-order valence-corrected chi connectivity index (χ4v) is 4.48. The van der Waals surface area contributed by atoms with E-state index in [2.05, 4.69) is 4.90 Å². The highest BCUT2D eigenvalue weighted by Gasteiger charge is 2.28. The number of nitrogens with zero attached hydrogens (tertiary/aromatic N) is 2. The standard InChI is InChI=1S/C20H26N2O5S/c1-25-17-3-5-19(6-4-17)27-16-15-21-11-13-22(14-12-21)28(23,24)20-9-7-18(26-2)8-10-20/h3-10H,11-16H2,1-2H3. The predicted octanol–water partition coefficient (Wildman–Crippen LogP) is 2.09. The molecule has 28 heavy (non-hydrogen) atoms. The van der Waals surface area contributed by atoms with Gasteiger partial charge in [0.1, 0.15) is 23.9 Å². The number of hydrogen-bond donors (Lipinski definition) is 0. The van der Waals surface area contributed by atoms with Crippen LogP contribution in [-0.2, 0) is 10.0 Å². The van der Waals surface area contributed by atoms with Crippen LogP contribution < -0.4 is 14.2 Å². The molecular formula is C20H26N2O5S. The minimum atomic E-state index is -3.47. The third kappa shape index (κ3) is 4.95. The SMILES string of the molecule is COc1ccc(OCCN2CCN(S(=O)(=O)c3ccc(OC)cc3)CC2)cc1. The Bertz CT molecular complexity index is 845. The van der Waals surface area contributed by atoms with Crippen LogP contribution in [0.2, 0.25) is 0 Å². The van der Waals surface area contributed by atoms with Crippen molar-refractivity contribution in [2.45, 2.75) is 4.90 Å². The van der Waals surface area contributed by atoms with E-state index in [-0.39, 0.29) is 0 Å². The van der Waals surface area contributed by atoms with Gasteiger partial charge in [0.15, 0.2) is 0 Å². The second kappa shape index (κ2) is 9.27. The van der Waals surface area contributed by atoms with E-state index in [1.807, 2.05) is 24.3 Å². The first-order chi connectivity index (χ1) is 13.5. The topological polar surface area (TPSA) is 68.3 Å². The van der Waals surface area contributed by atoms with Gasteiger partial charge in [-0.25, -0.2) is 8.42 Å². The van der Waals surface area contributed by atoms with Gasteiger partial charge >= 0.3 is 0 Å². The highest BCUT2D eigenvalue weighted by atomic mass is 32.2. The van der Waals surface area contributed by atoms with E-state index >= 15 is 0 Å². The van der Waals surface area contributed by atoms with Crippen LogP contribution >= 0.6 is 0 Å². The van der Waals surface area contributed by atoms with Crippen LogP contribution in [0.4, 0.5) is 0 Å². The molecule has 1 heterocycles. The Balaban J connectivity index is 1.46. The fraction of sp³-hybridized carbons (Fsp3) is 0.400. The molecule has 1 aliphatic rings. The third-order valence-corrected chi connectivity index (χ3v) is 6.68. The molecule has 0 saturated carbocycles. The summed E-state index contributed by atoms with van der Waals surface area (Å²) in [4.78, 5) is 2.51. The van der Waals surface area contributed by atoms with Crippen molar-refractivity contribution in [2.75, 3.05) is 53.6 Å². The Morgan fingerprint density at radius 1 is 0.786 bits per heavy atom. The summed E-state index contributed by atoms with van der Waals surface area (Å²) in [6.45, 7) is 3.61. The molecule has 0 aliphatic carbocycles. The van der Waals surface area contributed by atoms with Crippen LogP contribution in [0, 0.1) is 0 Å². The Morgan fingerprint density at radius 3 is 1.82 bits per heavy atom. The van der Waals surface area contributed by atoms with Gasteiger partial charge in [0.2, 0.25) is 10.0 Å². The molecule has 1 fully saturated rings. The van der Waals surface area contributed by atoms with Crippen molar-refractivity contribution in [1.29, 1.82) is 0 Å². The Morgan fingerprint density at radius 2 is 1.29 bits per heavy atom. The van der Waals surface area contributed by atoms with Gasteiger partial charge in [-0.05, 0) is 48.5 Å². The van der Waals surface area contributed by atoms with E-state index in [1.165, 1.54) is 4.31 Å². The summed E-state index contributed by atoms with van der Waals surface area (Å²) in [5.74, 6) is 2.23. The molecule has 0 unspecified atom stereocenters. The third-order valence-electron chi connectivity index (χ3n) is 4.76. The number of rotatable bonds is 8. The van der Waals surface area contributed by atoms with Crippen LogP contribution in [0.5, 0.6) is 17.2 Å². The fourth-order valence-electron chi connectivity index (χ4n) is 3.05. The van der Waals surface area contributed by atoms with Gasteiger partial charge in [0.05, 0.1) is 19.1 Å². The van der Waals surface area contributed by atoms with Crippen molar-refractivity contribution < 1.29 is 22.6 Å². The molecule has 1 saturated heterocycles. The smallest absolute Gasteiger partial charge is 0.243 e. The van der Waals surface area contributed by atoms with Gasteiger partial charge in [0.25, 0.3) is 0 Å².